The van der Waals surface area contributed by atoms with Crippen LogP contribution in [-0.2, 0) is 5.54 Å². The largest absolute Gasteiger partial charge is 0.318 e. The van der Waals surface area contributed by atoms with E-state index >= 15 is 0 Å². The second-order valence-corrected chi connectivity index (χ2v) is 4.60. The molecule has 1 unspecified atom stereocenters. The first-order chi connectivity index (χ1) is 7.68. The highest BCUT2D eigenvalue weighted by Gasteiger charge is 2.30. The number of nitrogens with two attached hydrogens (primary N) is 1. The van der Waals surface area contributed by atoms with Gasteiger partial charge in [0.1, 0.15) is 5.82 Å². The minimum absolute atomic E-state index is 0.238. The number of thiophene rings is 1. The van der Waals surface area contributed by atoms with Crippen molar-refractivity contribution >= 4 is 11.3 Å². The van der Waals surface area contributed by atoms with Gasteiger partial charge in [0.05, 0.1) is 5.54 Å². The zero-order chi connectivity index (χ0) is 11.6. The molecule has 0 saturated carbocycles. The second kappa shape index (κ2) is 4.36. The van der Waals surface area contributed by atoms with Gasteiger partial charge in [0.25, 0.3) is 0 Å². The molecule has 2 N–H and O–H groups in total. The molecule has 1 aromatic carbocycles. The maximum atomic E-state index is 13.8. The molecular formula is C13H14FNS. The second-order valence-electron chi connectivity index (χ2n) is 3.82. The summed E-state index contributed by atoms with van der Waals surface area (Å²) in [5, 5.41) is 3.95. The molecule has 3 heteroatoms. The van der Waals surface area contributed by atoms with Crippen molar-refractivity contribution in [2.45, 2.75) is 18.9 Å². The van der Waals surface area contributed by atoms with E-state index in [2.05, 4.69) is 0 Å². The first-order valence-corrected chi connectivity index (χ1v) is 6.19. The summed E-state index contributed by atoms with van der Waals surface area (Å²) in [5.41, 5.74) is 7.18. The van der Waals surface area contributed by atoms with Crippen molar-refractivity contribution in [2.24, 2.45) is 5.73 Å². The maximum Gasteiger partial charge on any atom is 0.128 e. The zero-order valence-corrected chi connectivity index (χ0v) is 9.93. The van der Waals surface area contributed by atoms with Gasteiger partial charge in [0.15, 0.2) is 0 Å². The molecule has 0 aliphatic rings. The van der Waals surface area contributed by atoms with Gasteiger partial charge in [0.2, 0.25) is 0 Å². The Hall–Kier alpha value is -1.19. The van der Waals surface area contributed by atoms with Crippen molar-refractivity contribution in [3.8, 4) is 0 Å². The molecule has 1 heterocycles. The van der Waals surface area contributed by atoms with Crippen LogP contribution in [0.25, 0.3) is 0 Å². The van der Waals surface area contributed by atoms with E-state index in [-0.39, 0.29) is 5.82 Å². The summed E-state index contributed by atoms with van der Waals surface area (Å²) >= 11 is 1.58. The molecule has 1 aromatic heterocycles. The van der Waals surface area contributed by atoms with Crippen LogP contribution in [0, 0.1) is 5.82 Å². The van der Waals surface area contributed by atoms with Crippen LogP contribution < -0.4 is 5.73 Å². The molecule has 0 saturated heterocycles. The minimum Gasteiger partial charge on any atom is -0.318 e. The number of rotatable bonds is 3. The molecule has 2 rings (SSSR count). The lowest BCUT2D eigenvalue weighted by molar-refractivity contribution is 0.481. The minimum atomic E-state index is -0.717. The fourth-order valence-electron chi connectivity index (χ4n) is 1.89. The Bertz CT molecular complexity index is 467. The molecular weight excluding hydrogens is 221 g/mol. The van der Waals surface area contributed by atoms with E-state index in [9.17, 15) is 4.39 Å². The summed E-state index contributed by atoms with van der Waals surface area (Å²) in [5.74, 6) is -0.238. The van der Waals surface area contributed by atoms with E-state index in [0.717, 1.165) is 5.56 Å². The molecule has 1 atom stereocenters. The Kier molecular flexibility index (Phi) is 3.08. The molecule has 0 spiro atoms. The number of hydrogen-bond donors (Lipinski definition) is 1. The highest BCUT2D eigenvalue weighted by molar-refractivity contribution is 7.08. The van der Waals surface area contributed by atoms with Crippen molar-refractivity contribution in [1.29, 1.82) is 0 Å². The average molecular weight is 235 g/mol. The topological polar surface area (TPSA) is 26.0 Å². The third-order valence-corrected chi connectivity index (χ3v) is 3.63. The average Bonchev–Trinajstić information content (AvgIpc) is 2.82. The Morgan fingerprint density at radius 3 is 2.62 bits per heavy atom. The number of halogens is 1. The van der Waals surface area contributed by atoms with Crippen molar-refractivity contribution in [3.05, 3.63) is 58.0 Å². The Morgan fingerprint density at radius 2 is 2.06 bits per heavy atom. The van der Waals surface area contributed by atoms with Crippen LogP contribution in [-0.4, -0.2) is 0 Å². The first-order valence-electron chi connectivity index (χ1n) is 5.25. The Balaban J connectivity index is 2.55. The summed E-state index contributed by atoms with van der Waals surface area (Å²) < 4.78 is 13.8. The monoisotopic (exact) mass is 235 g/mol. The van der Waals surface area contributed by atoms with Crippen LogP contribution in [0.15, 0.2) is 41.1 Å². The summed E-state index contributed by atoms with van der Waals surface area (Å²) in [6.07, 6.45) is 0.671. The lowest BCUT2D eigenvalue weighted by Crippen LogP contribution is -2.37. The highest BCUT2D eigenvalue weighted by Crippen LogP contribution is 2.32. The molecule has 0 aliphatic carbocycles. The Morgan fingerprint density at radius 1 is 1.31 bits per heavy atom. The first kappa shape index (κ1) is 11.3. The third kappa shape index (κ3) is 1.77. The fourth-order valence-corrected chi connectivity index (χ4v) is 2.63. The predicted octanol–water partition coefficient (Wildman–Crippen LogP) is 3.50. The molecule has 0 radical (unpaired) electrons. The summed E-state index contributed by atoms with van der Waals surface area (Å²) in [4.78, 5) is 0. The molecule has 0 bridgehead atoms. The van der Waals surface area contributed by atoms with E-state index in [1.165, 1.54) is 6.07 Å². The number of hydrogen-bond acceptors (Lipinski definition) is 2. The van der Waals surface area contributed by atoms with Crippen molar-refractivity contribution < 1.29 is 4.39 Å². The molecule has 2 aromatic rings. The summed E-state index contributed by atoms with van der Waals surface area (Å²) in [6.45, 7) is 1.98. The van der Waals surface area contributed by atoms with Gasteiger partial charge >= 0.3 is 0 Å². The van der Waals surface area contributed by atoms with Crippen LogP contribution in [0.5, 0.6) is 0 Å². The lowest BCUT2D eigenvalue weighted by atomic mass is 9.83. The van der Waals surface area contributed by atoms with Gasteiger partial charge in [-0.2, -0.15) is 11.3 Å². The van der Waals surface area contributed by atoms with Gasteiger partial charge in [-0.05, 0) is 34.9 Å². The standard InChI is InChI=1S/C13H14FNS/c1-2-13(15,10-7-8-16-9-10)11-5-3-4-6-12(11)14/h3-9H,2,15H2,1H3. The third-order valence-electron chi connectivity index (χ3n) is 2.95. The quantitative estimate of drug-likeness (QED) is 0.865. The van der Waals surface area contributed by atoms with Gasteiger partial charge in [-0.25, -0.2) is 4.39 Å². The van der Waals surface area contributed by atoms with Gasteiger partial charge in [-0.15, -0.1) is 0 Å². The summed E-state index contributed by atoms with van der Waals surface area (Å²) in [6, 6.07) is 8.68. The molecule has 16 heavy (non-hydrogen) atoms. The van der Waals surface area contributed by atoms with Crippen molar-refractivity contribution in [3.63, 3.8) is 0 Å². The molecule has 0 amide bonds. The fraction of sp³-hybridized carbons (Fsp3) is 0.231. The predicted molar refractivity (Wildman–Crippen MR) is 66.0 cm³/mol. The van der Waals surface area contributed by atoms with Gasteiger partial charge in [-0.1, -0.05) is 25.1 Å². The van der Waals surface area contributed by atoms with Crippen LogP contribution in [0.4, 0.5) is 4.39 Å². The van der Waals surface area contributed by atoms with Crippen LogP contribution >= 0.6 is 11.3 Å². The number of benzene rings is 1. The van der Waals surface area contributed by atoms with E-state index in [0.29, 0.717) is 12.0 Å². The zero-order valence-electron chi connectivity index (χ0n) is 9.11. The van der Waals surface area contributed by atoms with Gasteiger partial charge < -0.3 is 5.73 Å². The van der Waals surface area contributed by atoms with Crippen LogP contribution in [0.1, 0.15) is 24.5 Å². The molecule has 0 fully saturated rings. The van der Waals surface area contributed by atoms with Crippen LogP contribution in [0.3, 0.4) is 0 Å². The normalized spacial score (nSPS) is 14.7. The van der Waals surface area contributed by atoms with E-state index in [1.54, 1.807) is 23.5 Å². The molecule has 84 valence electrons. The van der Waals surface area contributed by atoms with Gasteiger partial charge in [0, 0.05) is 5.56 Å². The van der Waals surface area contributed by atoms with E-state index in [1.807, 2.05) is 29.8 Å². The van der Waals surface area contributed by atoms with Crippen molar-refractivity contribution in [2.75, 3.05) is 0 Å². The molecule has 1 nitrogen and oxygen atoms in total. The maximum absolute atomic E-state index is 13.8. The van der Waals surface area contributed by atoms with E-state index < -0.39 is 5.54 Å². The van der Waals surface area contributed by atoms with E-state index in [4.69, 9.17) is 5.73 Å². The van der Waals surface area contributed by atoms with Crippen molar-refractivity contribution in [1.82, 2.24) is 0 Å². The SMILES string of the molecule is CCC(N)(c1ccsc1)c1ccccc1F. The Labute approximate surface area is 98.7 Å². The summed E-state index contributed by atoms with van der Waals surface area (Å²) in [7, 11) is 0. The lowest BCUT2D eigenvalue weighted by Gasteiger charge is -2.28. The van der Waals surface area contributed by atoms with Gasteiger partial charge in [-0.3, -0.25) is 0 Å². The molecule has 0 aliphatic heterocycles. The van der Waals surface area contributed by atoms with Crippen LogP contribution in [0.2, 0.25) is 0 Å². The smallest absolute Gasteiger partial charge is 0.128 e. The highest BCUT2D eigenvalue weighted by atomic mass is 32.1.